The molecule has 3 aromatic rings. The van der Waals surface area contributed by atoms with Crippen LogP contribution in [-0.2, 0) is 11.3 Å². The van der Waals surface area contributed by atoms with Gasteiger partial charge in [-0.15, -0.1) is 0 Å². The number of fused-ring (bicyclic) bond motifs is 1. The first-order valence-electron chi connectivity index (χ1n) is 7.82. The predicted molar refractivity (Wildman–Crippen MR) is 110 cm³/mol. The van der Waals surface area contributed by atoms with Crippen molar-refractivity contribution in [2.45, 2.75) is 6.54 Å². The van der Waals surface area contributed by atoms with E-state index in [0.717, 1.165) is 10.8 Å². The largest absolute Gasteiger partial charge is 0.383 e. The SMILES string of the molecule is COCCn1c(=NC(=O)c2cc([N+](=O)[O-])ccc2Cl)sc2ccc(Cl)c(Cl)c21. The Morgan fingerprint density at radius 3 is 2.64 bits per heavy atom. The van der Waals surface area contributed by atoms with Gasteiger partial charge < -0.3 is 9.30 Å². The number of nitrogens with zero attached hydrogens (tertiary/aromatic N) is 3. The summed E-state index contributed by atoms with van der Waals surface area (Å²) in [6, 6.07) is 7.06. The molecule has 0 aliphatic heterocycles. The first kappa shape index (κ1) is 20.8. The molecular weight excluding hydrogens is 449 g/mol. The lowest BCUT2D eigenvalue weighted by atomic mass is 10.2. The molecule has 0 unspecified atom stereocenters. The average molecular weight is 461 g/mol. The lowest BCUT2D eigenvalue weighted by molar-refractivity contribution is -0.384. The molecule has 28 heavy (non-hydrogen) atoms. The number of nitro groups is 1. The van der Waals surface area contributed by atoms with Crippen molar-refractivity contribution in [2.75, 3.05) is 13.7 Å². The number of halogens is 3. The van der Waals surface area contributed by atoms with Crippen LogP contribution in [0.5, 0.6) is 0 Å². The van der Waals surface area contributed by atoms with Gasteiger partial charge in [0, 0.05) is 25.8 Å². The number of non-ortho nitro benzene ring substituents is 1. The number of carbonyl (C=O) groups excluding carboxylic acids is 1. The summed E-state index contributed by atoms with van der Waals surface area (Å²) in [5, 5.41) is 11.8. The zero-order valence-corrected chi connectivity index (χ0v) is 17.4. The summed E-state index contributed by atoms with van der Waals surface area (Å²) in [6.07, 6.45) is 0. The Morgan fingerprint density at radius 2 is 1.96 bits per heavy atom. The number of methoxy groups -OCH3 is 1. The number of aromatic nitrogens is 1. The number of carbonyl (C=O) groups is 1. The highest BCUT2D eigenvalue weighted by Gasteiger charge is 2.17. The van der Waals surface area contributed by atoms with E-state index in [9.17, 15) is 14.9 Å². The summed E-state index contributed by atoms with van der Waals surface area (Å²) in [5.74, 6) is -0.700. The van der Waals surface area contributed by atoms with Gasteiger partial charge in [0.1, 0.15) is 0 Å². The molecule has 0 fully saturated rings. The standard InChI is InChI=1S/C17H12Cl3N3O4S/c1-27-7-6-22-15-13(5-4-12(19)14(15)20)28-17(22)21-16(24)10-8-9(23(25)26)2-3-11(10)18/h2-5,8H,6-7H2,1H3. The number of thiazole rings is 1. The number of amides is 1. The molecule has 1 aromatic heterocycles. The van der Waals surface area contributed by atoms with E-state index in [0.29, 0.717) is 33.5 Å². The Bertz CT molecular complexity index is 1160. The number of hydrogen-bond acceptors (Lipinski definition) is 5. The van der Waals surface area contributed by atoms with Crippen molar-refractivity contribution in [1.82, 2.24) is 4.57 Å². The second-order valence-corrected chi connectivity index (χ2v) is 7.78. The molecule has 2 aromatic carbocycles. The number of rotatable bonds is 5. The van der Waals surface area contributed by atoms with Crippen molar-refractivity contribution < 1.29 is 14.5 Å². The smallest absolute Gasteiger partial charge is 0.281 e. The fraction of sp³-hybridized carbons (Fsp3) is 0.176. The molecule has 7 nitrogen and oxygen atoms in total. The number of hydrogen-bond donors (Lipinski definition) is 0. The highest BCUT2D eigenvalue weighted by molar-refractivity contribution is 7.16. The van der Waals surface area contributed by atoms with Gasteiger partial charge >= 0.3 is 0 Å². The van der Waals surface area contributed by atoms with Crippen molar-refractivity contribution in [1.29, 1.82) is 0 Å². The molecule has 11 heteroatoms. The molecule has 0 spiro atoms. The maximum Gasteiger partial charge on any atom is 0.281 e. The first-order valence-corrected chi connectivity index (χ1v) is 9.77. The lowest BCUT2D eigenvalue weighted by Crippen LogP contribution is -2.19. The van der Waals surface area contributed by atoms with E-state index in [1.807, 2.05) is 0 Å². The van der Waals surface area contributed by atoms with Crippen LogP contribution in [0.3, 0.4) is 0 Å². The van der Waals surface area contributed by atoms with Crippen LogP contribution in [0.4, 0.5) is 5.69 Å². The van der Waals surface area contributed by atoms with Gasteiger partial charge in [-0.2, -0.15) is 4.99 Å². The quantitative estimate of drug-likeness (QED) is 0.398. The van der Waals surface area contributed by atoms with Gasteiger partial charge in [0.15, 0.2) is 4.80 Å². The van der Waals surface area contributed by atoms with E-state index in [4.69, 9.17) is 39.5 Å². The molecule has 0 N–H and O–H groups in total. The van der Waals surface area contributed by atoms with Crippen molar-refractivity contribution in [3.8, 4) is 0 Å². The topological polar surface area (TPSA) is 86.7 Å². The van der Waals surface area contributed by atoms with Crippen LogP contribution in [0.15, 0.2) is 35.3 Å². The van der Waals surface area contributed by atoms with Crippen LogP contribution in [0, 0.1) is 10.1 Å². The zero-order chi connectivity index (χ0) is 20.4. The third kappa shape index (κ3) is 4.06. The minimum atomic E-state index is -0.700. The van der Waals surface area contributed by atoms with E-state index >= 15 is 0 Å². The van der Waals surface area contributed by atoms with Gasteiger partial charge in [0.2, 0.25) is 0 Å². The number of benzene rings is 2. The Hall–Kier alpha value is -1.97. The minimum Gasteiger partial charge on any atom is -0.383 e. The summed E-state index contributed by atoms with van der Waals surface area (Å²) >= 11 is 19.8. The summed E-state index contributed by atoms with van der Waals surface area (Å²) in [5.41, 5.74) is 0.324. The van der Waals surface area contributed by atoms with Crippen LogP contribution in [0.25, 0.3) is 10.2 Å². The van der Waals surface area contributed by atoms with E-state index in [2.05, 4.69) is 4.99 Å². The van der Waals surface area contributed by atoms with Crippen molar-refractivity contribution >= 4 is 68.0 Å². The molecule has 1 heterocycles. The van der Waals surface area contributed by atoms with Gasteiger partial charge in [-0.05, 0) is 18.2 Å². The van der Waals surface area contributed by atoms with Gasteiger partial charge in [0.05, 0.1) is 42.4 Å². The van der Waals surface area contributed by atoms with Crippen molar-refractivity contribution in [3.05, 3.63) is 65.9 Å². The van der Waals surface area contributed by atoms with Crippen molar-refractivity contribution in [3.63, 3.8) is 0 Å². The highest BCUT2D eigenvalue weighted by atomic mass is 35.5. The van der Waals surface area contributed by atoms with Crippen LogP contribution in [0.2, 0.25) is 15.1 Å². The van der Waals surface area contributed by atoms with Gasteiger partial charge in [-0.1, -0.05) is 46.1 Å². The summed E-state index contributed by atoms with van der Waals surface area (Å²) < 4.78 is 7.63. The molecular formula is C17H12Cl3N3O4S. The summed E-state index contributed by atoms with van der Waals surface area (Å²) in [7, 11) is 1.55. The van der Waals surface area contributed by atoms with E-state index in [1.54, 1.807) is 23.8 Å². The Kier molecular flexibility index (Phi) is 6.36. The van der Waals surface area contributed by atoms with E-state index in [1.165, 1.54) is 23.5 Å². The lowest BCUT2D eigenvalue weighted by Gasteiger charge is -2.06. The number of ether oxygens (including phenoxy) is 1. The highest BCUT2D eigenvalue weighted by Crippen LogP contribution is 2.32. The normalized spacial score (nSPS) is 11.9. The fourth-order valence-corrected chi connectivity index (χ4v) is 4.25. The molecule has 0 atom stereocenters. The van der Waals surface area contributed by atoms with Gasteiger partial charge in [-0.25, -0.2) is 0 Å². The fourth-order valence-electron chi connectivity index (χ4n) is 2.52. The molecule has 0 aliphatic rings. The molecule has 0 bridgehead atoms. The average Bonchev–Trinajstić information content (AvgIpc) is 3.00. The molecule has 0 saturated heterocycles. The first-order chi connectivity index (χ1) is 13.3. The monoisotopic (exact) mass is 459 g/mol. The summed E-state index contributed by atoms with van der Waals surface area (Å²) in [6.45, 7) is 0.735. The second kappa shape index (κ2) is 8.59. The van der Waals surface area contributed by atoms with Gasteiger partial charge in [0.25, 0.3) is 11.6 Å². The molecule has 1 amide bonds. The third-order valence-electron chi connectivity index (χ3n) is 3.84. The van der Waals surface area contributed by atoms with E-state index < -0.39 is 10.8 Å². The van der Waals surface area contributed by atoms with Crippen LogP contribution < -0.4 is 4.80 Å². The summed E-state index contributed by atoms with van der Waals surface area (Å²) in [4.78, 5) is 27.6. The van der Waals surface area contributed by atoms with Crippen LogP contribution in [-0.4, -0.2) is 29.1 Å². The Morgan fingerprint density at radius 1 is 1.25 bits per heavy atom. The number of nitro benzene ring substituents is 1. The molecule has 0 radical (unpaired) electrons. The van der Waals surface area contributed by atoms with E-state index in [-0.39, 0.29) is 16.3 Å². The molecule has 3 rings (SSSR count). The minimum absolute atomic E-state index is 0.0595. The Balaban J connectivity index is 2.18. The van der Waals surface area contributed by atoms with Crippen molar-refractivity contribution in [2.24, 2.45) is 4.99 Å². The Labute approximate surface area is 177 Å². The van der Waals surface area contributed by atoms with Crippen LogP contribution in [0.1, 0.15) is 10.4 Å². The second-order valence-electron chi connectivity index (χ2n) is 5.58. The molecule has 146 valence electrons. The third-order valence-corrected chi connectivity index (χ3v) is 6.01. The molecule has 0 saturated carbocycles. The van der Waals surface area contributed by atoms with Crippen LogP contribution >= 0.6 is 46.1 Å². The van der Waals surface area contributed by atoms with Gasteiger partial charge in [-0.3, -0.25) is 14.9 Å². The maximum atomic E-state index is 12.7. The predicted octanol–water partition coefficient (Wildman–Crippen LogP) is 4.96. The maximum absolute atomic E-state index is 12.7. The zero-order valence-electron chi connectivity index (χ0n) is 14.3. The molecule has 0 aliphatic carbocycles.